The van der Waals surface area contributed by atoms with E-state index in [1.54, 1.807) is 11.3 Å². The second-order valence-electron chi connectivity index (χ2n) is 6.69. The van der Waals surface area contributed by atoms with Gasteiger partial charge in [0.1, 0.15) is 0 Å². The van der Waals surface area contributed by atoms with Crippen LogP contribution in [0.15, 0.2) is 28.7 Å². The van der Waals surface area contributed by atoms with Gasteiger partial charge in [0.05, 0.1) is 0 Å². The minimum Gasteiger partial charge on any atom is -0.459 e. The number of aliphatic hydroxyl groups excluding tert-OH is 1. The average molecular weight is 365 g/mol. The molecular weight excluding hydrogens is 338 g/mol. The summed E-state index contributed by atoms with van der Waals surface area (Å²) in [5, 5.41) is 16.5. The molecule has 2 heterocycles. The molecule has 1 aliphatic heterocycles. The van der Waals surface area contributed by atoms with Crippen LogP contribution in [0.4, 0.5) is 0 Å². The summed E-state index contributed by atoms with van der Waals surface area (Å²) in [6.45, 7) is 2.59. The average Bonchev–Trinajstić information content (AvgIpc) is 3.11. The molecule has 1 aromatic heterocycles. The Balaban J connectivity index is 1.83. The molecule has 2 aliphatic rings. The molecule has 3 rings (SSSR count). The molecule has 25 heavy (non-hydrogen) atoms. The monoisotopic (exact) mass is 365 g/mol. The van der Waals surface area contributed by atoms with E-state index in [9.17, 15) is 9.90 Å². The maximum atomic E-state index is 12.6. The molecule has 5 nitrogen and oxygen atoms in total. The molecule has 0 radical (unpaired) electrons. The Morgan fingerprint density at radius 2 is 2.32 bits per heavy atom. The summed E-state index contributed by atoms with van der Waals surface area (Å²) >= 11 is 1.65. The van der Waals surface area contributed by atoms with Gasteiger partial charge in [-0.3, -0.25) is 4.79 Å². The molecule has 138 valence electrons. The summed E-state index contributed by atoms with van der Waals surface area (Å²) in [6.07, 6.45) is 6.21. The molecule has 0 spiro atoms. The lowest BCUT2D eigenvalue weighted by Crippen LogP contribution is -2.43. The van der Waals surface area contributed by atoms with E-state index in [1.807, 2.05) is 18.4 Å². The molecule has 1 aliphatic carbocycles. The normalized spacial score (nSPS) is 26.5. The van der Waals surface area contributed by atoms with Gasteiger partial charge >= 0.3 is 0 Å². The maximum Gasteiger partial charge on any atom is 0.286 e. The Bertz CT molecular complexity index is 582. The number of allylic oxidation sites excluding steroid dienone is 1. The predicted molar refractivity (Wildman–Crippen MR) is 97.2 cm³/mol. The Labute approximate surface area is 153 Å². The summed E-state index contributed by atoms with van der Waals surface area (Å²) in [7, 11) is 0. The second kappa shape index (κ2) is 8.83. The molecule has 1 amide bonds. The maximum absolute atomic E-state index is 12.6. The van der Waals surface area contributed by atoms with E-state index in [0.29, 0.717) is 18.8 Å². The molecule has 1 fully saturated rings. The number of carbonyl (C=O) groups is 1. The fraction of sp³-hybridized carbons (Fsp3) is 0.632. The van der Waals surface area contributed by atoms with E-state index >= 15 is 0 Å². The smallest absolute Gasteiger partial charge is 0.286 e. The third kappa shape index (κ3) is 4.43. The molecule has 0 bridgehead atoms. The summed E-state index contributed by atoms with van der Waals surface area (Å²) in [5.41, 5.74) is 1.18. The van der Waals surface area contributed by atoms with Crippen LogP contribution in [-0.2, 0) is 14.3 Å². The summed E-state index contributed by atoms with van der Waals surface area (Å²) < 4.78 is 11.8. The number of carbonyl (C=O) groups excluding carboxylic acids is 1. The van der Waals surface area contributed by atoms with Gasteiger partial charge in [-0.05, 0) is 67.5 Å². The van der Waals surface area contributed by atoms with Crippen molar-refractivity contribution in [3.05, 3.63) is 34.2 Å². The Morgan fingerprint density at radius 3 is 2.92 bits per heavy atom. The number of amides is 1. The SMILES string of the molecule is CCO[C@@H]1OC(C(=O)NC2CCC2)=C[C@H](c2ccsc2)[C@H]1CCCO. The van der Waals surface area contributed by atoms with Gasteiger partial charge in [0, 0.05) is 31.1 Å². The molecule has 0 saturated heterocycles. The zero-order valence-corrected chi connectivity index (χ0v) is 15.5. The highest BCUT2D eigenvalue weighted by Gasteiger charge is 2.38. The minimum absolute atomic E-state index is 0.0604. The van der Waals surface area contributed by atoms with Gasteiger partial charge in [-0.2, -0.15) is 11.3 Å². The van der Waals surface area contributed by atoms with E-state index < -0.39 is 6.29 Å². The highest BCUT2D eigenvalue weighted by molar-refractivity contribution is 7.08. The van der Waals surface area contributed by atoms with Crippen molar-refractivity contribution in [1.82, 2.24) is 5.32 Å². The van der Waals surface area contributed by atoms with E-state index in [2.05, 4.69) is 16.8 Å². The fourth-order valence-corrected chi connectivity index (χ4v) is 4.13. The summed E-state index contributed by atoms with van der Waals surface area (Å²) in [5.74, 6) is 0.365. The van der Waals surface area contributed by atoms with Crippen LogP contribution in [0.2, 0.25) is 0 Å². The molecule has 0 aromatic carbocycles. The lowest BCUT2D eigenvalue weighted by molar-refractivity contribution is -0.167. The first-order valence-electron chi connectivity index (χ1n) is 9.16. The third-order valence-electron chi connectivity index (χ3n) is 5.00. The van der Waals surface area contributed by atoms with Crippen LogP contribution in [0.5, 0.6) is 0 Å². The van der Waals surface area contributed by atoms with Crippen LogP contribution < -0.4 is 5.32 Å². The van der Waals surface area contributed by atoms with Crippen molar-refractivity contribution in [3.63, 3.8) is 0 Å². The van der Waals surface area contributed by atoms with Crippen molar-refractivity contribution in [2.45, 2.75) is 57.3 Å². The first-order chi connectivity index (χ1) is 12.2. The predicted octanol–water partition coefficient (Wildman–Crippen LogP) is 3.17. The third-order valence-corrected chi connectivity index (χ3v) is 5.71. The highest BCUT2D eigenvalue weighted by atomic mass is 32.1. The van der Waals surface area contributed by atoms with Crippen LogP contribution in [0.25, 0.3) is 0 Å². The van der Waals surface area contributed by atoms with Crippen molar-refractivity contribution in [1.29, 1.82) is 0 Å². The highest BCUT2D eigenvalue weighted by Crippen LogP contribution is 2.40. The van der Waals surface area contributed by atoms with Gasteiger partial charge in [-0.1, -0.05) is 0 Å². The van der Waals surface area contributed by atoms with Crippen molar-refractivity contribution in [3.8, 4) is 0 Å². The van der Waals surface area contributed by atoms with Crippen LogP contribution in [0.1, 0.15) is 50.5 Å². The number of thiophene rings is 1. The first kappa shape index (κ1) is 18.4. The molecule has 0 unspecified atom stereocenters. The van der Waals surface area contributed by atoms with Crippen molar-refractivity contribution >= 4 is 17.2 Å². The Kier molecular flexibility index (Phi) is 6.51. The van der Waals surface area contributed by atoms with E-state index in [4.69, 9.17) is 9.47 Å². The summed E-state index contributed by atoms with van der Waals surface area (Å²) in [6, 6.07) is 2.36. The van der Waals surface area contributed by atoms with Gasteiger partial charge in [0.25, 0.3) is 5.91 Å². The van der Waals surface area contributed by atoms with Crippen LogP contribution in [-0.4, -0.2) is 36.6 Å². The number of ether oxygens (including phenoxy) is 2. The van der Waals surface area contributed by atoms with Gasteiger partial charge < -0.3 is 19.9 Å². The number of nitrogens with one attached hydrogen (secondary N) is 1. The minimum atomic E-state index is -0.464. The molecule has 6 heteroatoms. The van der Waals surface area contributed by atoms with Crippen molar-refractivity contribution in [2.24, 2.45) is 5.92 Å². The van der Waals surface area contributed by atoms with Crippen LogP contribution >= 0.6 is 11.3 Å². The van der Waals surface area contributed by atoms with Crippen LogP contribution in [0.3, 0.4) is 0 Å². The van der Waals surface area contributed by atoms with Gasteiger partial charge in [-0.25, -0.2) is 0 Å². The van der Waals surface area contributed by atoms with Gasteiger partial charge in [-0.15, -0.1) is 0 Å². The number of aliphatic hydroxyl groups is 1. The van der Waals surface area contributed by atoms with E-state index in [-0.39, 0.29) is 30.4 Å². The van der Waals surface area contributed by atoms with E-state index in [1.165, 1.54) is 12.0 Å². The summed E-state index contributed by atoms with van der Waals surface area (Å²) in [4.78, 5) is 12.6. The molecule has 1 aromatic rings. The quantitative estimate of drug-likeness (QED) is 0.742. The Hall–Kier alpha value is -1.37. The number of rotatable bonds is 8. The van der Waals surface area contributed by atoms with Crippen molar-refractivity contribution < 1.29 is 19.4 Å². The van der Waals surface area contributed by atoms with Crippen molar-refractivity contribution in [2.75, 3.05) is 13.2 Å². The number of hydrogen-bond acceptors (Lipinski definition) is 5. The molecule has 3 atom stereocenters. The molecular formula is C19H27NO4S. The first-order valence-corrected chi connectivity index (χ1v) is 10.1. The van der Waals surface area contributed by atoms with E-state index in [0.717, 1.165) is 19.3 Å². The number of hydrogen-bond donors (Lipinski definition) is 2. The molecule has 2 N–H and O–H groups in total. The lowest BCUT2D eigenvalue weighted by atomic mass is 9.81. The largest absolute Gasteiger partial charge is 0.459 e. The lowest BCUT2D eigenvalue weighted by Gasteiger charge is -2.37. The second-order valence-corrected chi connectivity index (χ2v) is 7.47. The zero-order valence-electron chi connectivity index (χ0n) is 14.6. The topological polar surface area (TPSA) is 67.8 Å². The van der Waals surface area contributed by atoms with Gasteiger partial charge in [0.15, 0.2) is 5.76 Å². The zero-order chi connectivity index (χ0) is 17.6. The van der Waals surface area contributed by atoms with Gasteiger partial charge in [0.2, 0.25) is 6.29 Å². The standard InChI is InChI=1S/C19H27NO4S/c1-2-23-19-15(7-4-9-21)16(13-8-10-25-12-13)11-17(24-19)18(22)20-14-5-3-6-14/h8,10-12,14-16,19,21H,2-7,9H2,1H3,(H,20,22)/t15-,16-,19-/m1/s1. The molecule has 1 saturated carbocycles. The Morgan fingerprint density at radius 1 is 1.48 bits per heavy atom. The fourth-order valence-electron chi connectivity index (χ4n) is 3.42. The van der Waals surface area contributed by atoms with Crippen LogP contribution in [0, 0.1) is 5.92 Å².